The molecule has 0 aliphatic heterocycles. The van der Waals surface area contributed by atoms with Crippen molar-refractivity contribution in [2.24, 2.45) is 4.99 Å². The fourth-order valence-electron chi connectivity index (χ4n) is 2.51. The number of halogens is 1. The Morgan fingerprint density at radius 3 is 2.53 bits per heavy atom. The minimum Gasteiger partial charge on any atom is -0.356 e. The smallest absolute Gasteiger partial charge is 0.251 e. The Kier molecular flexibility index (Phi) is 11.3. The third-order valence-corrected chi connectivity index (χ3v) is 5.45. The van der Waals surface area contributed by atoms with Crippen molar-refractivity contribution in [3.8, 4) is 0 Å². The number of carbonyl (C=O) groups is 1. The van der Waals surface area contributed by atoms with Crippen molar-refractivity contribution in [2.45, 2.75) is 11.3 Å². The quantitative estimate of drug-likeness (QED) is 0.159. The van der Waals surface area contributed by atoms with E-state index in [0.717, 1.165) is 5.56 Å². The molecule has 11 heteroatoms. The van der Waals surface area contributed by atoms with Crippen molar-refractivity contribution >= 4 is 45.9 Å². The Labute approximate surface area is 194 Å². The number of aromatic nitrogens is 1. The van der Waals surface area contributed by atoms with Crippen LogP contribution < -0.4 is 20.7 Å². The number of benzene rings is 1. The maximum Gasteiger partial charge on any atom is 0.251 e. The number of aliphatic imine (C=N–C) groups is 1. The van der Waals surface area contributed by atoms with Crippen LogP contribution in [-0.2, 0) is 16.4 Å². The van der Waals surface area contributed by atoms with Gasteiger partial charge in [0.25, 0.3) is 5.91 Å². The summed E-state index contributed by atoms with van der Waals surface area (Å²) in [5.74, 6) is 0.444. The van der Waals surface area contributed by atoms with Crippen molar-refractivity contribution in [3.63, 3.8) is 0 Å². The van der Waals surface area contributed by atoms with Gasteiger partial charge < -0.3 is 16.0 Å². The minimum atomic E-state index is -3.58. The summed E-state index contributed by atoms with van der Waals surface area (Å²) in [4.78, 5) is 19.7. The molecule has 9 nitrogen and oxygen atoms in total. The number of carbonyl (C=O) groups excluding carboxylic acids is 1. The molecule has 164 valence electrons. The molecule has 0 unspecified atom stereocenters. The van der Waals surface area contributed by atoms with Crippen LogP contribution in [0.4, 0.5) is 0 Å². The first-order valence-corrected chi connectivity index (χ1v) is 10.6. The zero-order valence-corrected chi connectivity index (χ0v) is 20.0. The summed E-state index contributed by atoms with van der Waals surface area (Å²) in [7, 11) is -0.336. The van der Waals surface area contributed by atoms with Gasteiger partial charge in [-0.05, 0) is 36.2 Å². The molecule has 0 aliphatic rings. The van der Waals surface area contributed by atoms with Crippen molar-refractivity contribution in [2.75, 3.05) is 33.7 Å². The second kappa shape index (κ2) is 13.1. The lowest BCUT2D eigenvalue weighted by Crippen LogP contribution is -2.42. The zero-order valence-electron chi connectivity index (χ0n) is 16.9. The van der Waals surface area contributed by atoms with E-state index in [2.05, 4.69) is 30.6 Å². The molecule has 0 aliphatic carbocycles. The number of hydrogen-bond acceptors (Lipinski definition) is 5. The summed E-state index contributed by atoms with van der Waals surface area (Å²) in [6.45, 7) is 1.18. The molecule has 4 N–H and O–H groups in total. The van der Waals surface area contributed by atoms with Crippen LogP contribution in [0.2, 0.25) is 0 Å². The van der Waals surface area contributed by atoms with Gasteiger partial charge in [-0.1, -0.05) is 12.1 Å². The molecular formula is C19H27IN6O3S. The van der Waals surface area contributed by atoms with Gasteiger partial charge in [0.05, 0.1) is 0 Å². The van der Waals surface area contributed by atoms with Gasteiger partial charge in [0, 0.05) is 51.7 Å². The Morgan fingerprint density at radius 1 is 1.10 bits per heavy atom. The van der Waals surface area contributed by atoms with Gasteiger partial charge >= 0.3 is 0 Å². The summed E-state index contributed by atoms with van der Waals surface area (Å²) in [6.07, 6.45) is 3.53. The standard InChI is InChI=1S/C19H26N6O3S.HI/c1-20-18(26)16-6-3-5-15(13-16)8-10-23-19(21-2)24-11-12-25-29(27,28)17-7-4-9-22-14-17;/h3-7,9,13-14,25H,8,10-12H2,1-2H3,(H,20,26)(H2,21,23,24);1H. The molecule has 0 fully saturated rings. The van der Waals surface area contributed by atoms with E-state index in [4.69, 9.17) is 0 Å². The molecule has 0 saturated carbocycles. The first-order valence-electron chi connectivity index (χ1n) is 9.11. The van der Waals surface area contributed by atoms with Gasteiger partial charge in [-0.15, -0.1) is 24.0 Å². The monoisotopic (exact) mass is 546 g/mol. The Bertz CT molecular complexity index is 938. The van der Waals surface area contributed by atoms with E-state index in [9.17, 15) is 13.2 Å². The van der Waals surface area contributed by atoms with Crippen LogP contribution in [0.25, 0.3) is 0 Å². The number of guanidine groups is 1. The van der Waals surface area contributed by atoms with E-state index in [-0.39, 0.29) is 41.3 Å². The molecule has 0 spiro atoms. The van der Waals surface area contributed by atoms with Crippen molar-refractivity contribution in [1.29, 1.82) is 0 Å². The first-order chi connectivity index (χ1) is 14.0. The van der Waals surface area contributed by atoms with Gasteiger partial charge in [-0.25, -0.2) is 13.1 Å². The fraction of sp³-hybridized carbons (Fsp3) is 0.316. The van der Waals surface area contributed by atoms with Crippen LogP contribution in [0.15, 0.2) is 58.7 Å². The largest absolute Gasteiger partial charge is 0.356 e. The van der Waals surface area contributed by atoms with E-state index in [1.54, 1.807) is 26.2 Å². The average Bonchev–Trinajstić information content (AvgIpc) is 2.75. The lowest BCUT2D eigenvalue weighted by atomic mass is 10.1. The van der Waals surface area contributed by atoms with Gasteiger partial charge in [0.2, 0.25) is 10.0 Å². The summed E-state index contributed by atoms with van der Waals surface area (Å²) in [5.41, 5.74) is 1.65. The number of hydrogen-bond donors (Lipinski definition) is 4. The summed E-state index contributed by atoms with van der Waals surface area (Å²) < 4.78 is 26.7. The molecule has 0 saturated heterocycles. The average molecular weight is 546 g/mol. The highest BCUT2D eigenvalue weighted by Gasteiger charge is 2.12. The van der Waals surface area contributed by atoms with Gasteiger partial charge in [0.15, 0.2) is 5.96 Å². The minimum absolute atomic E-state index is 0. The molecule has 1 amide bonds. The molecule has 1 heterocycles. The van der Waals surface area contributed by atoms with Crippen LogP contribution in [-0.4, -0.2) is 59.0 Å². The lowest BCUT2D eigenvalue weighted by molar-refractivity contribution is 0.0963. The molecule has 30 heavy (non-hydrogen) atoms. The van der Waals surface area contributed by atoms with Gasteiger partial charge in [-0.2, -0.15) is 0 Å². The Morgan fingerprint density at radius 2 is 1.87 bits per heavy atom. The van der Waals surface area contributed by atoms with E-state index in [1.165, 1.54) is 18.5 Å². The van der Waals surface area contributed by atoms with Crippen LogP contribution in [0.3, 0.4) is 0 Å². The summed E-state index contributed by atoms with van der Waals surface area (Å²) in [6, 6.07) is 10.5. The molecule has 0 radical (unpaired) electrons. The number of rotatable bonds is 9. The van der Waals surface area contributed by atoms with Gasteiger partial charge in [-0.3, -0.25) is 14.8 Å². The highest BCUT2D eigenvalue weighted by Crippen LogP contribution is 2.06. The number of nitrogens with zero attached hydrogens (tertiary/aromatic N) is 2. The SMILES string of the molecule is CN=C(NCCNS(=O)(=O)c1cccnc1)NCCc1cccc(C(=O)NC)c1.I. The predicted octanol–water partition coefficient (Wildman–Crippen LogP) is 0.745. The van der Waals surface area contributed by atoms with E-state index in [0.29, 0.717) is 31.0 Å². The number of sulfonamides is 1. The Hall–Kier alpha value is -2.25. The summed E-state index contributed by atoms with van der Waals surface area (Å²) in [5, 5.41) is 8.82. The van der Waals surface area contributed by atoms with E-state index < -0.39 is 10.0 Å². The lowest BCUT2D eigenvalue weighted by Gasteiger charge is -2.13. The van der Waals surface area contributed by atoms with Crippen molar-refractivity contribution in [1.82, 2.24) is 25.7 Å². The van der Waals surface area contributed by atoms with E-state index >= 15 is 0 Å². The zero-order chi connectivity index (χ0) is 21.1. The maximum atomic E-state index is 12.1. The van der Waals surface area contributed by atoms with E-state index in [1.807, 2.05) is 18.2 Å². The third kappa shape index (κ3) is 8.24. The molecule has 0 bridgehead atoms. The first kappa shape index (κ1) is 25.8. The second-order valence-electron chi connectivity index (χ2n) is 6.04. The highest BCUT2D eigenvalue weighted by molar-refractivity contribution is 14.0. The molecule has 1 aromatic carbocycles. The number of amides is 1. The second-order valence-corrected chi connectivity index (χ2v) is 7.81. The molecular weight excluding hydrogens is 519 g/mol. The third-order valence-electron chi connectivity index (χ3n) is 4.00. The fourth-order valence-corrected chi connectivity index (χ4v) is 3.51. The van der Waals surface area contributed by atoms with Crippen molar-refractivity contribution in [3.05, 3.63) is 59.9 Å². The molecule has 1 aromatic heterocycles. The molecule has 2 aromatic rings. The topological polar surface area (TPSA) is 125 Å². The maximum absolute atomic E-state index is 12.1. The number of pyridine rings is 1. The molecule has 2 rings (SSSR count). The summed E-state index contributed by atoms with van der Waals surface area (Å²) >= 11 is 0. The van der Waals surface area contributed by atoms with Crippen LogP contribution >= 0.6 is 24.0 Å². The normalized spacial score (nSPS) is 11.3. The predicted molar refractivity (Wildman–Crippen MR) is 128 cm³/mol. The Balaban J connectivity index is 0.00000450. The van der Waals surface area contributed by atoms with Crippen LogP contribution in [0.1, 0.15) is 15.9 Å². The van der Waals surface area contributed by atoms with Crippen LogP contribution in [0.5, 0.6) is 0 Å². The van der Waals surface area contributed by atoms with Gasteiger partial charge in [0.1, 0.15) is 4.90 Å². The highest BCUT2D eigenvalue weighted by atomic mass is 127. The molecule has 0 atom stereocenters. The number of nitrogens with one attached hydrogen (secondary N) is 4. The van der Waals surface area contributed by atoms with Crippen LogP contribution in [0, 0.1) is 0 Å². The van der Waals surface area contributed by atoms with Crippen molar-refractivity contribution < 1.29 is 13.2 Å².